The predicted octanol–water partition coefficient (Wildman–Crippen LogP) is 2.79. The zero-order valence-corrected chi connectivity index (χ0v) is 17.0. The van der Waals surface area contributed by atoms with Crippen LogP contribution in [-0.2, 0) is 9.53 Å². The lowest BCUT2D eigenvalue weighted by atomic mass is 9.46. The van der Waals surface area contributed by atoms with Gasteiger partial charge in [0.05, 0.1) is 12.6 Å². The smallest absolute Gasteiger partial charge is 0.243 e. The van der Waals surface area contributed by atoms with Crippen LogP contribution in [0.2, 0.25) is 0 Å². The summed E-state index contributed by atoms with van der Waals surface area (Å²) < 4.78 is 11.7. The third kappa shape index (κ3) is 3.21. The summed E-state index contributed by atoms with van der Waals surface area (Å²) >= 11 is 0. The molecule has 2 fully saturated rings. The summed E-state index contributed by atoms with van der Waals surface area (Å²) in [4.78, 5) is 14.8. The number of fused-ring (bicyclic) bond motifs is 1. The number of hydrogen-bond donors (Lipinski definition) is 1. The first kappa shape index (κ1) is 21.0. The van der Waals surface area contributed by atoms with Crippen molar-refractivity contribution in [2.45, 2.75) is 45.3 Å². The Labute approximate surface area is 162 Å². The molecule has 3 unspecified atom stereocenters. The summed E-state index contributed by atoms with van der Waals surface area (Å²) in [5.41, 5.74) is 6.57. The monoisotopic (exact) mass is 382 g/mol. The van der Waals surface area contributed by atoms with Crippen molar-refractivity contribution < 1.29 is 14.3 Å². The molecule has 1 amide bonds. The Kier molecular flexibility index (Phi) is 6.26. The van der Waals surface area contributed by atoms with E-state index in [1.54, 1.807) is 4.90 Å². The molecule has 3 atom stereocenters. The standard InChI is InChI=1S/C20H30N2O3.ClH/c1-14-8-5-6-10-16(14)24-13-11-22(4)18(23)20(21)15-9-7-12-25-17(15)19(20,2)3;/h5-6,8,10,15,17H,7,9,11-13,21H2,1-4H3;1H. The predicted molar refractivity (Wildman–Crippen MR) is 105 cm³/mol. The molecule has 0 aromatic heterocycles. The number of amides is 1. The highest BCUT2D eigenvalue weighted by Gasteiger charge is 2.70. The van der Waals surface area contributed by atoms with Crippen LogP contribution >= 0.6 is 12.4 Å². The summed E-state index contributed by atoms with van der Waals surface area (Å²) in [5.74, 6) is 0.969. The van der Waals surface area contributed by atoms with Gasteiger partial charge in [-0.15, -0.1) is 12.4 Å². The van der Waals surface area contributed by atoms with Gasteiger partial charge in [0.1, 0.15) is 17.9 Å². The average molecular weight is 383 g/mol. The molecule has 1 heterocycles. The first-order valence-corrected chi connectivity index (χ1v) is 9.14. The second-order valence-electron chi connectivity index (χ2n) is 7.97. The zero-order valence-electron chi connectivity index (χ0n) is 16.2. The highest BCUT2D eigenvalue weighted by molar-refractivity contribution is 5.89. The number of nitrogens with zero attached hydrogens (tertiary/aromatic N) is 1. The number of hydrogen-bond acceptors (Lipinski definition) is 4. The summed E-state index contributed by atoms with van der Waals surface area (Å²) in [5, 5.41) is 0. The molecule has 3 rings (SSSR count). The van der Waals surface area contributed by atoms with Crippen molar-refractivity contribution in [1.29, 1.82) is 0 Å². The largest absolute Gasteiger partial charge is 0.491 e. The van der Waals surface area contributed by atoms with E-state index in [9.17, 15) is 4.79 Å². The number of para-hydroxylation sites is 1. The highest BCUT2D eigenvalue weighted by Crippen LogP contribution is 2.57. The van der Waals surface area contributed by atoms with E-state index in [0.29, 0.717) is 13.2 Å². The van der Waals surface area contributed by atoms with Crippen LogP contribution in [0, 0.1) is 18.3 Å². The Morgan fingerprint density at radius 2 is 2.08 bits per heavy atom. The topological polar surface area (TPSA) is 64.8 Å². The van der Waals surface area contributed by atoms with E-state index < -0.39 is 5.54 Å². The molecule has 26 heavy (non-hydrogen) atoms. The normalized spacial score (nSPS) is 29.0. The number of ether oxygens (including phenoxy) is 2. The molecular formula is C20H31ClN2O3. The van der Waals surface area contributed by atoms with Gasteiger partial charge in [-0.25, -0.2) is 0 Å². The minimum Gasteiger partial charge on any atom is -0.491 e. The third-order valence-electron chi connectivity index (χ3n) is 6.16. The maximum absolute atomic E-state index is 13.1. The maximum atomic E-state index is 13.1. The number of carbonyl (C=O) groups is 1. The maximum Gasteiger partial charge on any atom is 0.243 e. The van der Waals surface area contributed by atoms with E-state index in [1.165, 1.54) is 0 Å². The van der Waals surface area contributed by atoms with E-state index >= 15 is 0 Å². The fourth-order valence-electron chi connectivity index (χ4n) is 4.44. The molecule has 0 spiro atoms. The Morgan fingerprint density at radius 3 is 2.77 bits per heavy atom. The molecule has 1 saturated carbocycles. The quantitative estimate of drug-likeness (QED) is 0.850. The molecule has 1 aliphatic heterocycles. The molecule has 1 aliphatic carbocycles. The van der Waals surface area contributed by atoms with Crippen molar-refractivity contribution in [2.24, 2.45) is 17.1 Å². The molecule has 5 nitrogen and oxygen atoms in total. The van der Waals surface area contributed by atoms with Crippen molar-refractivity contribution in [3.8, 4) is 5.75 Å². The van der Waals surface area contributed by atoms with Gasteiger partial charge in [-0.3, -0.25) is 4.79 Å². The van der Waals surface area contributed by atoms with E-state index in [4.69, 9.17) is 15.2 Å². The summed E-state index contributed by atoms with van der Waals surface area (Å²) in [6, 6.07) is 7.89. The molecule has 0 radical (unpaired) electrons. The van der Waals surface area contributed by atoms with Crippen molar-refractivity contribution in [3.63, 3.8) is 0 Å². The zero-order chi connectivity index (χ0) is 18.2. The summed E-state index contributed by atoms with van der Waals surface area (Å²) in [6.45, 7) is 7.85. The van der Waals surface area contributed by atoms with Gasteiger partial charge >= 0.3 is 0 Å². The van der Waals surface area contributed by atoms with E-state index in [2.05, 4.69) is 13.8 Å². The molecular weight excluding hydrogens is 352 g/mol. The molecule has 1 aromatic carbocycles. The lowest BCUT2D eigenvalue weighted by molar-refractivity contribution is -0.229. The number of likely N-dealkylation sites (N-methyl/N-ethyl adjacent to an activating group) is 1. The van der Waals surface area contributed by atoms with Crippen LogP contribution in [0.1, 0.15) is 32.3 Å². The third-order valence-corrected chi connectivity index (χ3v) is 6.16. The average Bonchev–Trinajstić information content (AvgIpc) is 2.61. The van der Waals surface area contributed by atoms with Crippen LogP contribution in [0.25, 0.3) is 0 Å². The van der Waals surface area contributed by atoms with Gasteiger partial charge in [-0.05, 0) is 31.4 Å². The Morgan fingerprint density at radius 1 is 1.38 bits per heavy atom. The van der Waals surface area contributed by atoms with Gasteiger partial charge in [-0.1, -0.05) is 32.0 Å². The minimum absolute atomic E-state index is 0. The lowest BCUT2D eigenvalue weighted by Crippen LogP contribution is -2.82. The Balaban J connectivity index is 0.00000243. The van der Waals surface area contributed by atoms with Gasteiger partial charge in [-0.2, -0.15) is 0 Å². The number of nitrogens with two attached hydrogens (primary N) is 1. The first-order valence-electron chi connectivity index (χ1n) is 9.14. The number of aryl methyl sites for hydroxylation is 1. The second-order valence-corrected chi connectivity index (χ2v) is 7.97. The van der Waals surface area contributed by atoms with Crippen LogP contribution in [0.15, 0.2) is 24.3 Å². The molecule has 2 N–H and O–H groups in total. The van der Waals surface area contributed by atoms with Crippen molar-refractivity contribution in [1.82, 2.24) is 4.90 Å². The summed E-state index contributed by atoms with van der Waals surface area (Å²) in [6.07, 6.45) is 2.03. The number of carbonyl (C=O) groups excluding carboxylic acids is 1. The van der Waals surface area contributed by atoms with Crippen molar-refractivity contribution in [3.05, 3.63) is 29.8 Å². The molecule has 1 saturated heterocycles. The molecule has 2 aliphatic rings. The fraction of sp³-hybridized carbons (Fsp3) is 0.650. The Bertz CT molecular complexity index is 652. The first-order chi connectivity index (χ1) is 11.8. The number of benzene rings is 1. The van der Waals surface area contributed by atoms with Gasteiger partial charge in [0, 0.05) is 25.0 Å². The van der Waals surface area contributed by atoms with E-state index in [0.717, 1.165) is 30.8 Å². The van der Waals surface area contributed by atoms with Crippen LogP contribution in [0.3, 0.4) is 0 Å². The summed E-state index contributed by atoms with van der Waals surface area (Å²) in [7, 11) is 1.81. The van der Waals surface area contributed by atoms with Gasteiger partial charge < -0.3 is 20.1 Å². The molecule has 0 bridgehead atoms. The second kappa shape index (κ2) is 7.75. The van der Waals surface area contributed by atoms with Crippen LogP contribution in [0.5, 0.6) is 5.75 Å². The molecule has 146 valence electrons. The highest BCUT2D eigenvalue weighted by atomic mass is 35.5. The molecule has 6 heteroatoms. The Hall–Kier alpha value is -1.30. The van der Waals surface area contributed by atoms with E-state index in [1.807, 2.05) is 38.2 Å². The van der Waals surface area contributed by atoms with E-state index in [-0.39, 0.29) is 35.8 Å². The minimum atomic E-state index is -0.852. The van der Waals surface area contributed by atoms with Crippen LogP contribution in [0.4, 0.5) is 0 Å². The van der Waals surface area contributed by atoms with Crippen molar-refractivity contribution in [2.75, 3.05) is 26.8 Å². The number of rotatable bonds is 5. The van der Waals surface area contributed by atoms with Crippen LogP contribution in [-0.4, -0.2) is 49.3 Å². The van der Waals surface area contributed by atoms with Crippen molar-refractivity contribution >= 4 is 18.3 Å². The fourth-order valence-corrected chi connectivity index (χ4v) is 4.44. The van der Waals surface area contributed by atoms with Crippen LogP contribution < -0.4 is 10.5 Å². The lowest BCUT2D eigenvalue weighted by Gasteiger charge is -2.65. The number of halogens is 1. The van der Waals surface area contributed by atoms with Gasteiger partial charge in [0.15, 0.2) is 0 Å². The van der Waals surface area contributed by atoms with Gasteiger partial charge in [0.2, 0.25) is 5.91 Å². The molecule has 1 aromatic rings. The SMILES string of the molecule is Cc1ccccc1OCCN(C)C(=O)C1(N)C2CCCOC2C1(C)C.Cl. The van der Waals surface area contributed by atoms with Gasteiger partial charge in [0.25, 0.3) is 0 Å².